The normalized spacial score (nSPS) is 0. The summed E-state index contributed by atoms with van der Waals surface area (Å²) in [4.78, 5) is 0. The van der Waals surface area contributed by atoms with Gasteiger partial charge in [0.2, 0.25) is 0 Å². The first-order valence-electron chi connectivity index (χ1n) is 0. The SMILES string of the molecule is [CH3-].[CH3-].[CH3-].[CH3-].[CH3-].[CH3-].[CH3-].[CH3-].[CH3-].[CH3-].[K+].[K+].[K+].[K+]. The van der Waals surface area contributed by atoms with Crippen LogP contribution >= 0.6 is 0 Å². The van der Waals surface area contributed by atoms with Crippen LogP contribution in [0.15, 0.2) is 0 Å². The average Bonchev–Trinajstić information content (AvgIpc) is 0. The summed E-state index contributed by atoms with van der Waals surface area (Å²) >= 11 is 0. The molecule has 14 heavy (non-hydrogen) atoms. The third-order valence-electron chi connectivity index (χ3n) is 0. The molecule has 0 nitrogen and oxygen atoms in total. The van der Waals surface area contributed by atoms with Crippen molar-refractivity contribution in [1.82, 2.24) is 0 Å². The predicted molar refractivity (Wildman–Crippen MR) is 64.1 cm³/mol. The molecular formula is C10H30K4-6. The van der Waals surface area contributed by atoms with Crippen LogP contribution in [0.3, 0.4) is 0 Å². The Kier molecular flexibility index (Phi) is 2050. The first-order chi connectivity index (χ1) is 0. The van der Waals surface area contributed by atoms with Crippen molar-refractivity contribution < 1.29 is 206 Å². The van der Waals surface area contributed by atoms with Gasteiger partial charge < -0.3 is 74.3 Å². The Morgan fingerprint density at radius 3 is 0.143 bits per heavy atom. The maximum absolute atomic E-state index is 0. The van der Waals surface area contributed by atoms with E-state index < -0.39 is 0 Å². The van der Waals surface area contributed by atoms with Crippen LogP contribution in [-0.2, 0) is 0 Å². The van der Waals surface area contributed by atoms with Crippen LogP contribution in [0.5, 0.6) is 0 Å². The van der Waals surface area contributed by atoms with E-state index in [1.165, 1.54) is 0 Å². The molecule has 0 unspecified atom stereocenters. The van der Waals surface area contributed by atoms with Crippen LogP contribution in [-0.4, -0.2) is 0 Å². The Bertz CT molecular complexity index is 12.1. The van der Waals surface area contributed by atoms with Crippen LogP contribution in [0.1, 0.15) is 0 Å². The summed E-state index contributed by atoms with van der Waals surface area (Å²) in [5.41, 5.74) is 0. The molecule has 0 rings (SSSR count). The second kappa shape index (κ2) is 157. The zero-order valence-corrected chi connectivity index (χ0v) is 26.5. The zero-order valence-electron chi connectivity index (χ0n) is 14.0. The molecule has 0 bridgehead atoms. The molecular weight excluding hydrogens is 277 g/mol. The van der Waals surface area contributed by atoms with Gasteiger partial charge in [0.15, 0.2) is 0 Å². The molecule has 0 saturated carbocycles. The summed E-state index contributed by atoms with van der Waals surface area (Å²) in [6.07, 6.45) is 0. The Morgan fingerprint density at radius 2 is 0.143 bits per heavy atom. The second-order valence-electron chi connectivity index (χ2n) is 0. The Labute approximate surface area is 271 Å². The number of hydrogen-bond acceptors (Lipinski definition) is 0. The Morgan fingerprint density at radius 1 is 0.143 bits per heavy atom. The van der Waals surface area contributed by atoms with Crippen LogP contribution < -0.4 is 206 Å². The van der Waals surface area contributed by atoms with E-state index in [2.05, 4.69) is 0 Å². The predicted octanol–water partition coefficient (Wildman–Crippen LogP) is -7.48. The van der Waals surface area contributed by atoms with Gasteiger partial charge in [-0.05, 0) is 0 Å². The molecule has 0 fully saturated rings. The summed E-state index contributed by atoms with van der Waals surface area (Å²) in [6.45, 7) is 0. The van der Waals surface area contributed by atoms with E-state index in [-0.39, 0.29) is 280 Å². The first-order valence-corrected chi connectivity index (χ1v) is 0. The minimum Gasteiger partial charge on any atom is -0.358 e. The smallest absolute Gasteiger partial charge is 0.358 e. The van der Waals surface area contributed by atoms with E-state index in [1.54, 1.807) is 0 Å². The summed E-state index contributed by atoms with van der Waals surface area (Å²) in [5.74, 6) is 0. The topological polar surface area (TPSA) is 0 Å². The van der Waals surface area contributed by atoms with E-state index in [0.29, 0.717) is 0 Å². The third kappa shape index (κ3) is 133. The van der Waals surface area contributed by atoms with Crippen molar-refractivity contribution in [2.75, 3.05) is 0 Å². The van der Waals surface area contributed by atoms with E-state index in [0.717, 1.165) is 0 Å². The van der Waals surface area contributed by atoms with Gasteiger partial charge in [-0.15, -0.1) is 0 Å². The second-order valence-corrected chi connectivity index (χ2v) is 0. The van der Waals surface area contributed by atoms with Gasteiger partial charge in [0.05, 0.1) is 0 Å². The van der Waals surface area contributed by atoms with Gasteiger partial charge in [0, 0.05) is 0 Å². The van der Waals surface area contributed by atoms with Crippen molar-refractivity contribution in [3.05, 3.63) is 74.3 Å². The third-order valence-corrected chi connectivity index (χ3v) is 0. The van der Waals surface area contributed by atoms with Gasteiger partial charge in [0.1, 0.15) is 0 Å². The molecule has 80 valence electrons. The molecule has 0 N–H and O–H groups in total. The fraction of sp³-hybridized carbons (Fsp3) is 0. The van der Waals surface area contributed by atoms with Crippen LogP contribution in [0.2, 0.25) is 0 Å². The fourth-order valence-corrected chi connectivity index (χ4v) is 0. The molecule has 4 heteroatoms. The molecule has 0 aromatic rings. The quantitative estimate of drug-likeness (QED) is 0.308. The maximum atomic E-state index is 0. The van der Waals surface area contributed by atoms with E-state index in [1.807, 2.05) is 0 Å². The summed E-state index contributed by atoms with van der Waals surface area (Å²) in [6, 6.07) is 0. The molecule has 0 aliphatic heterocycles. The van der Waals surface area contributed by atoms with Crippen LogP contribution in [0, 0.1) is 74.3 Å². The largest absolute Gasteiger partial charge is 1.00 e. The van der Waals surface area contributed by atoms with Gasteiger partial charge in [0.25, 0.3) is 0 Å². The number of rotatable bonds is 0. The molecule has 0 heterocycles. The van der Waals surface area contributed by atoms with E-state index in [4.69, 9.17) is 0 Å². The van der Waals surface area contributed by atoms with Crippen molar-refractivity contribution in [3.63, 3.8) is 0 Å². The minimum absolute atomic E-state index is 0. The molecule has 0 aliphatic rings. The first kappa shape index (κ1) is 183. The average molecular weight is 307 g/mol. The Hall–Kier alpha value is 6.55. The van der Waals surface area contributed by atoms with Crippen molar-refractivity contribution in [2.45, 2.75) is 0 Å². The van der Waals surface area contributed by atoms with Crippen molar-refractivity contribution in [2.24, 2.45) is 0 Å². The molecule has 0 aromatic carbocycles. The molecule has 0 spiro atoms. The van der Waals surface area contributed by atoms with Gasteiger partial charge in [-0.2, -0.15) is 0 Å². The van der Waals surface area contributed by atoms with E-state index in [9.17, 15) is 0 Å². The summed E-state index contributed by atoms with van der Waals surface area (Å²) in [7, 11) is 0. The van der Waals surface area contributed by atoms with Gasteiger partial charge in [-0.1, -0.05) is 0 Å². The van der Waals surface area contributed by atoms with Crippen molar-refractivity contribution >= 4 is 0 Å². The van der Waals surface area contributed by atoms with Crippen molar-refractivity contribution in [1.29, 1.82) is 0 Å². The maximum Gasteiger partial charge on any atom is 1.00 e. The van der Waals surface area contributed by atoms with Crippen molar-refractivity contribution in [3.8, 4) is 0 Å². The molecule has 0 atom stereocenters. The van der Waals surface area contributed by atoms with Gasteiger partial charge in [-0.25, -0.2) is 0 Å². The van der Waals surface area contributed by atoms with E-state index >= 15 is 0 Å². The summed E-state index contributed by atoms with van der Waals surface area (Å²) in [5, 5.41) is 0. The zero-order chi connectivity index (χ0) is 0. The van der Waals surface area contributed by atoms with Crippen LogP contribution in [0.4, 0.5) is 0 Å². The van der Waals surface area contributed by atoms with Crippen LogP contribution in [0.25, 0.3) is 0 Å². The fourth-order valence-electron chi connectivity index (χ4n) is 0. The molecule has 0 amide bonds. The van der Waals surface area contributed by atoms with Gasteiger partial charge >= 0.3 is 206 Å². The number of hydrogen-bond donors (Lipinski definition) is 0. The standard InChI is InChI=1S/10CH3.4K/h10*1H3;;;;/q10*-1;4*+1. The minimum atomic E-state index is 0. The molecule has 0 saturated heterocycles. The molecule has 0 radical (unpaired) electrons. The molecule has 0 aliphatic carbocycles. The summed E-state index contributed by atoms with van der Waals surface area (Å²) < 4.78 is 0. The monoisotopic (exact) mass is 306 g/mol. The molecule has 0 aromatic heterocycles. The Balaban J connectivity index is 0. The van der Waals surface area contributed by atoms with Gasteiger partial charge in [-0.3, -0.25) is 0 Å².